The van der Waals surface area contributed by atoms with E-state index >= 15 is 0 Å². The molecule has 2 fully saturated rings. The smallest absolute Gasteiger partial charge is 0.146 e. The number of hydrogen-bond acceptors (Lipinski definition) is 3. The monoisotopic (exact) mass is 343 g/mol. The second-order valence-corrected chi connectivity index (χ2v) is 9.03. The van der Waals surface area contributed by atoms with Crippen molar-refractivity contribution in [2.75, 3.05) is 13.9 Å². The van der Waals surface area contributed by atoms with Crippen LogP contribution in [0.15, 0.2) is 24.3 Å². The van der Waals surface area contributed by atoms with Gasteiger partial charge in [0.2, 0.25) is 0 Å². The Morgan fingerprint density at radius 2 is 2.16 bits per heavy atom. The molecule has 0 aliphatic heterocycles. The number of nitriles is 1. The lowest BCUT2D eigenvalue weighted by Crippen LogP contribution is -2.43. The first-order valence-electron chi connectivity index (χ1n) is 9.70. The SMILES string of the molecule is C=C[C@@H]1C=C(C)[C@H]2[C@@H]([C@H]1C#N)[C@@H](OCOC)[C@@H]1[C@@H](C)C[C@@H](C)C[C@]12C. The summed E-state index contributed by atoms with van der Waals surface area (Å²) in [6.07, 6.45) is 6.80. The quantitative estimate of drug-likeness (QED) is 0.543. The molecule has 2 saturated carbocycles. The zero-order chi connectivity index (χ0) is 18.4. The molecule has 0 aromatic carbocycles. The summed E-state index contributed by atoms with van der Waals surface area (Å²) < 4.78 is 11.6. The molecule has 0 unspecified atom stereocenters. The van der Waals surface area contributed by atoms with Crippen LogP contribution < -0.4 is 0 Å². The first-order chi connectivity index (χ1) is 11.9. The molecular weight excluding hydrogens is 310 g/mol. The predicted molar refractivity (Wildman–Crippen MR) is 99.4 cm³/mol. The van der Waals surface area contributed by atoms with Gasteiger partial charge in [0.25, 0.3) is 0 Å². The molecule has 0 spiro atoms. The van der Waals surface area contributed by atoms with Crippen molar-refractivity contribution in [3.63, 3.8) is 0 Å². The van der Waals surface area contributed by atoms with Crippen molar-refractivity contribution in [2.45, 2.75) is 46.6 Å². The van der Waals surface area contributed by atoms with E-state index in [-0.39, 0.29) is 29.3 Å². The molecule has 0 radical (unpaired) electrons. The first kappa shape index (κ1) is 18.7. The van der Waals surface area contributed by atoms with Crippen LogP contribution in [0.25, 0.3) is 0 Å². The van der Waals surface area contributed by atoms with Gasteiger partial charge < -0.3 is 9.47 Å². The van der Waals surface area contributed by atoms with E-state index in [9.17, 15) is 5.26 Å². The Morgan fingerprint density at radius 1 is 1.44 bits per heavy atom. The van der Waals surface area contributed by atoms with E-state index in [2.05, 4.69) is 46.4 Å². The largest absolute Gasteiger partial charge is 0.359 e. The Bertz CT molecular complexity index is 591. The van der Waals surface area contributed by atoms with E-state index in [0.29, 0.717) is 24.5 Å². The lowest BCUT2D eigenvalue weighted by atomic mass is 9.56. The Hall–Kier alpha value is -1.11. The standard InChI is InChI=1S/C22H33NO2/c1-7-16-9-15(4)19-18(17(16)11-23)21(25-12-24-6)20-14(3)8-13(2)10-22(19,20)5/h7,9,13-14,16-21H,1,8,10,12H2,2-6H3/t13-,14+,16-,17+,18-,19+,20+,21-,22+/m1/s1. The van der Waals surface area contributed by atoms with E-state index < -0.39 is 0 Å². The normalized spacial score (nSPS) is 48.9. The molecule has 3 heteroatoms. The van der Waals surface area contributed by atoms with Crippen molar-refractivity contribution in [1.82, 2.24) is 0 Å². The maximum atomic E-state index is 9.99. The number of hydrogen-bond donors (Lipinski definition) is 0. The minimum atomic E-state index is -0.0574. The van der Waals surface area contributed by atoms with Crippen LogP contribution in [-0.2, 0) is 9.47 Å². The molecule has 3 rings (SSSR count). The first-order valence-corrected chi connectivity index (χ1v) is 9.70. The predicted octanol–water partition coefficient (Wildman–Crippen LogP) is 4.81. The van der Waals surface area contributed by atoms with Crippen molar-refractivity contribution in [1.29, 1.82) is 5.26 Å². The van der Waals surface area contributed by atoms with Gasteiger partial charge in [-0.2, -0.15) is 5.26 Å². The van der Waals surface area contributed by atoms with Crippen LogP contribution in [-0.4, -0.2) is 20.0 Å². The summed E-state index contributed by atoms with van der Waals surface area (Å²) in [6, 6.07) is 2.62. The summed E-state index contributed by atoms with van der Waals surface area (Å²) in [5, 5.41) is 9.99. The molecule has 25 heavy (non-hydrogen) atoms. The van der Waals surface area contributed by atoms with E-state index in [1.807, 2.05) is 6.08 Å². The summed E-state index contributed by atoms with van der Waals surface area (Å²) in [6.45, 7) is 13.8. The third-order valence-corrected chi connectivity index (χ3v) is 7.34. The van der Waals surface area contributed by atoms with Gasteiger partial charge in [0.1, 0.15) is 6.79 Å². The Balaban J connectivity index is 2.11. The molecule has 0 saturated heterocycles. The second kappa shape index (κ2) is 6.89. The van der Waals surface area contributed by atoms with E-state index in [4.69, 9.17) is 9.47 Å². The number of rotatable bonds is 4. The minimum Gasteiger partial charge on any atom is -0.359 e. The fourth-order valence-corrected chi connectivity index (χ4v) is 7.05. The van der Waals surface area contributed by atoms with Crippen molar-refractivity contribution >= 4 is 0 Å². The molecule has 0 aromatic heterocycles. The number of methoxy groups -OCH3 is 1. The zero-order valence-corrected chi connectivity index (χ0v) is 16.4. The maximum Gasteiger partial charge on any atom is 0.146 e. The van der Waals surface area contributed by atoms with Crippen LogP contribution >= 0.6 is 0 Å². The van der Waals surface area contributed by atoms with E-state index in [1.165, 1.54) is 18.4 Å². The van der Waals surface area contributed by atoms with Gasteiger partial charge in [-0.3, -0.25) is 0 Å². The average molecular weight is 344 g/mol. The Kier molecular flexibility index (Phi) is 5.15. The molecule has 3 nitrogen and oxygen atoms in total. The second-order valence-electron chi connectivity index (χ2n) is 9.03. The summed E-state index contributed by atoms with van der Waals surface area (Å²) in [5.74, 6) is 2.53. The minimum absolute atomic E-state index is 0.0574. The van der Waals surface area contributed by atoms with Gasteiger partial charge in [0.05, 0.1) is 18.1 Å². The molecule has 3 aliphatic rings. The van der Waals surface area contributed by atoms with Gasteiger partial charge in [-0.15, -0.1) is 6.58 Å². The van der Waals surface area contributed by atoms with Crippen molar-refractivity contribution < 1.29 is 9.47 Å². The summed E-state index contributed by atoms with van der Waals surface area (Å²) in [5.41, 5.74) is 1.63. The van der Waals surface area contributed by atoms with E-state index in [1.54, 1.807) is 7.11 Å². The van der Waals surface area contributed by atoms with Crippen LogP contribution in [0.4, 0.5) is 0 Å². The lowest BCUT2D eigenvalue weighted by molar-refractivity contribution is -0.124. The van der Waals surface area contributed by atoms with Crippen LogP contribution in [0.5, 0.6) is 0 Å². The average Bonchev–Trinajstić information content (AvgIpc) is 2.81. The third kappa shape index (κ3) is 2.78. The molecule has 0 amide bonds. The van der Waals surface area contributed by atoms with Crippen molar-refractivity contribution in [3.8, 4) is 6.07 Å². The summed E-state index contributed by atoms with van der Waals surface area (Å²) in [7, 11) is 1.68. The number of nitrogens with zero attached hydrogens (tertiary/aromatic N) is 1. The molecule has 9 atom stereocenters. The topological polar surface area (TPSA) is 42.2 Å². The molecule has 0 bridgehead atoms. The van der Waals surface area contributed by atoms with Crippen molar-refractivity contribution in [3.05, 3.63) is 24.3 Å². The van der Waals surface area contributed by atoms with Crippen LogP contribution in [0.3, 0.4) is 0 Å². The highest BCUT2D eigenvalue weighted by Crippen LogP contribution is 2.66. The highest BCUT2D eigenvalue weighted by atomic mass is 16.7. The van der Waals surface area contributed by atoms with Gasteiger partial charge >= 0.3 is 0 Å². The number of ether oxygens (including phenoxy) is 2. The van der Waals surface area contributed by atoms with Gasteiger partial charge in [-0.05, 0) is 48.9 Å². The summed E-state index contributed by atoms with van der Waals surface area (Å²) >= 11 is 0. The molecular formula is C22H33NO2. The fraction of sp³-hybridized carbons (Fsp3) is 0.773. The molecule has 138 valence electrons. The third-order valence-electron chi connectivity index (χ3n) is 7.34. The van der Waals surface area contributed by atoms with Crippen LogP contribution in [0.1, 0.15) is 40.5 Å². The van der Waals surface area contributed by atoms with Crippen LogP contribution in [0.2, 0.25) is 0 Å². The molecule has 0 aromatic rings. The van der Waals surface area contributed by atoms with Gasteiger partial charge in [-0.25, -0.2) is 0 Å². The van der Waals surface area contributed by atoms with Gasteiger partial charge in [0, 0.05) is 18.9 Å². The fourth-order valence-electron chi connectivity index (χ4n) is 7.05. The van der Waals surface area contributed by atoms with E-state index in [0.717, 1.165) is 5.92 Å². The molecule has 3 aliphatic carbocycles. The number of fused-ring (bicyclic) bond motifs is 3. The highest BCUT2D eigenvalue weighted by molar-refractivity contribution is 5.29. The van der Waals surface area contributed by atoms with Gasteiger partial charge in [0.15, 0.2) is 0 Å². The lowest BCUT2D eigenvalue weighted by Gasteiger charge is -2.48. The summed E-state index contributed by atoms with van der Waals surface area (Å²) in [4.78, 5) is 0. The Labute approximate surface area is 153 Å². The Morgan fingerprint density at radius 3 is 2.76 bits per heavy atom. The van der Waals surface area contributed by atoms with Gasteiger partial charge in [-0.1, -0.05) is 38.5 Å². The maximum absolute atomic E-state index is 9.99. The van der Waals surface area contributed by atoms with Crippen LogP contribution in [0, 0.1) is 58.2 Å². The zero-order valence-electron chi connectivity index (χ0n) is 16.4. The molecule has 0 N–H and O–H groups in total. The number of allylic oxidation sites excluding steroid dienone is 3. The highest BCUT2D eigenvalue weighted by Gasteiger charge is 2.64. The molecule has 0 heterocycles. The van der Waals surface area contributed by atoms with Crippen molar-refractivity contribution in [2.24, 2.45) is 46.8 Å².